The van der Waals surface area contributed by atoms with Gasteiger partial charge in [-0.1, -0.05) is 12.1 Å². The Morgan fingerprint density at radius 3 is 2.76 bits per heavy atom. The first kappa shape index (κ1) is 15.4. The molecular formula is C15H14BrFN2O2. The van der Waals surface area contributed by atoms with Gasteiger partial charge in [0.2, 0.25) is 0 Å². The molecule has 1 N–H and O–H groups in total. The molecule has 0 fully saturated rings. The molecule has 0 aliphatic heterocycles. The highest BCUT2D eigenvalue weighted by Crippen LogP contribution is 2.22. The van der Waals surface area contributed by atoms with Crippen LogP contribution in [0.3, 0.4) is 0 Å². The lowest BCUT2D eigenvalue weighted by molar-refractivity contribution is -0.144. The third kappa shape index (κ3) is 4.01. The molecule has 6 heteroatoms. The molecule has 2 aromatic rings. The zero-order valence-corrected chi connectivity index (χ0v) is 12.9. The van der Waals surface area contributed by atoms with Crippen molar-refractivity contribution in [2.24, 2.45) is 0 Å². The highest BCUT2D eigenvalue weighted by molar-refractivity contribution is 9.10. The Labute approximate surface area is 130 Å². The van der Waals surface area contributed by atoms with Crippen molar-refractivity contribution in [1.82, 2.24) is 4.98 Å². The summed E-state index contributed by atoms with van der Waals surface area (Å²) in [5.74, 6) is -0.945. The largest absolute Gasteiger partial charge is 0.464 e. The smallest absolute Gasteiger partial charge is 0.334 e. The molecule has 110 valence electrons. The van der Waals surface area contributed by atoms with Gasteiger partial charge in [-0.2, -0.15) is 0 Å². The van der Waals surface area contributed by atoms with E-state index in [1.165, 1.54) is 6.07 Å². The molecule has 1 unspecified atom stereocenters. The second-order valence-electron chi connectivity index (χ2n) is 4.21. The fraction of sp³-hybridized carbons (Fsp3) is 0.200. The quantitative estimate of drug-likeness (QED) is 0.833. The number of para-hydroxylation sites is 1. The molecule has 2 rings (SSSR count). The number of nitrogens with zero attached hydrogens (tertiary/aromatic N) is 1. The number of carbonyl (C=O) groups excluding carboxylic acids is 1. The zero-order chi connectivity index (χ0) is 15.2. The van der Waals surface area contributed by atoms with Crippen molar-refractivity contribution in [1.29, 1.82) is 0 Å². The van der Waals surface area contributed by atoms with Gasteiger partial charge < -0.3 is 10.1 Å². The fourth-order valence-electron chi connectivity index (χ4n) is 1.77. The summed E-state index contributed by atoms with van der Waals surface area (Å²) in [4.78, 5) is 16.3. The molecule has 0 bridgehead atoms. The van der Waals surface area contributed by atoms with Crippen LogP contribution >= 0.6 is 15.9 Å². The van der Waals surface area contributed by atoms with E-state index in [2.05, 4.69) is 26.2 Å². The van der Waals surface area contributed by atoms with E-state index in [9.17, 15) is 9.18 Å². The van der Waals surface area contributed by atoms with Crippen molar-refractivity contribution in [3.63, 3.8) is 0 Å². The van der Waals surface area contributed by atoms with E-state index >= 15 is 0 Å². The molecule has 21 heavy (non-hydrogen) atoms. The van der Waals surface area contributed by atoms with Crippen LogP contribution in [0.4, 0.5) is 10.1 Å². The van der Waals surface area contributed by atoms with Crippen LogP contribution in [0.25, 0.3) is 0 Å². The summed E-state index contributed by atoms with van der Waals surface area (Å²) in [6.45, 7) is 1.96. The van der Waals surface area contributed by atoms with Crippen LogP contribution < -0.4 is 5.32 Å². The van der Waals surface area contributed by atoms with Gasteiger partial charge in [0.15, 0.2) is 6.04 Å². The first-order valence-electron chi connectivity index (χ1n) is 6.41. The molecule has 0 spiro atoms. The molecule has 0 aliphatic carbocycles. The summed E-state index contributed by atoms with van der Waals surface area (Å²) in [6.07, 6.45) is 1.57. The second-order valence-corrected chi connectivity index (χ2v) is 5.13. The summed E-state index contributed by atoms with van der Waals surface area (Å²) >= 11 is 3.28. The minimum Gasteiger partial charge on any atom is -0.464 e. The summed E-state index contributed by atoms with van der Waals surface area (Å²) in [5, 5.41) is 2.84. The predicted molar refractivity (Wildman–Crippen MR) is 81.3 cm³/mol. The summed E-state index contributed by atoms with van der Waals surface area (Å²) in [6, 6.07) is 8.72. The van der Waals surface area contributed by atoms with Crippen LogP contribution in [0, 0.1) is 5.82 Å². The van der Waals surface area contributed by atoms with E-state index in [0.29, 0.717) is 5.69 Å². The van der Waals surface area contributed by atoms with E-state index in [4.69, 9.17) is 4.74 Å². The van der Waals surface area contributed by atoms with Gasteiger partial charge in [-0.3, -0.25) is 4.98 Å². The van der Waals surface area contributed by atoms with Crippen LogP contribution in [0.15, 0.2) is 47.1 Å². The van der Waals surface area contributed by atoms with Crippen LogP contribution in [0.2, 0.25) is 0 Å². The molecule has 1 atom stereocenters. The van der Waals surface area contributed by atoms with Gasteiger partial charge >= 0.3 is 5.97 Å². The van der Waals surface area contributed by atoms with Gasteiger partial charge in [0.1, 0.15) is 5.82 Å². The highest BCUT2D eigenvalue weighted by atomic mass is 79.9. The fourth-order valence-corrected chi connectivity index (χ4v) is 2.01. The molecule has 0 radical (unpaired) electrons. The Kier molecular flexibility index (Phi) is 5.27. The van der Waals surface area contributed by atoms with Crippen LogP contribution in [0.5, 0.6) is 0 Å². The minimum absolute atomic E-state index is 0.222. The maximum atomic E-state index is 13.7. The summed E-state index contributed by atoms with van der Waals surface area (Å²) in [5.41, 5.74) is 0.681. The average Bonchev–Trinajstić information content (AvgIpc) is 2.48. The number of benzene rings is 1. The van der Waals surface area contributed by atoms with Crippen molar-refractivity contribution in [2.45, 2.75) is 13.0 Å². The van der Waals surface area contributed by atoms with Gasteiger partial charge in [-0.15, -0.1) is 0 Å². The molecule has 4 nitrogen and oxygen atoms in total. The second kappa shape index (κ2) is 7.17. The standard InChI is InChI=1S/C15H14BrFN2O2/c1-2-21-15(20)14(13-8-7-10(16)9-18-13)19-12-6-4-3-5-11(12)17/h3-9,14,19H,2H2,1H3. The molecule has 0 saturated carbocycles. The lowest BCUT2D eigenvalue weighted by Crippen LogP contribution is -2.24. The SMILES string of the molecule is CCOC(=O)C(Nc1ccccc1F)c1ccc(Br)cn1. The van der Waals surface area contributed by atoms with Gasteiger partial charge in [0.25, 0.3) is 0 Å². The van der Waals surface area contributed by atoms with Crippen molar-refractivity contribution in [3.8, 4) is 0 Å². The monoisotopic (exact) mass is 352 g/mol. The highest BCUT2D eigenvalue weighted by Gasteiger charge is 2.24. The molecular weight excluding hydrogens is 339 g/mol. The van der Waals surface area contributed by atoms with Gasteiger partial charge in [0.05, 0.1) is 18.0 Å². The molecule has 0 saturated heterocycles. The number of esters is 1. The number of pyridine rings is 1. The maximum Gasteiger partial charge on any atom is 0.334 e. The Balaban J connectivity index is 2.30. The van der Waals surface area contributed by atoms with E-state index in [1.807, 2.05) is 0 Å². The lowest BCUT2D eigenvalue weighted by Gasteiger charge is -2.18. The number of halogens is 2. The van der Waals surface area contributed by atoms with Crippen molar-refractivity contribution in [3.05, 3.63) is 58.6 Å². The Morgan fingerprint density at radius 1 is 1.38 bits per heavy atom. The number of hydrogen-bond acceptors (Lipinski definition) is 4. The molecule has 0 aliphatic rings. The number of nitrogens with one attached hydrogen (secondary N) is 1. The van der Waals surface area contributed by atoms with E-state index < -0.39 is 17.8 Å². The van der Waals surface area contributed by atoms with E-state index in [-0.39, 0.29) is 12.3 Å². The third-order valence-corrected chi connectivity index (χ3v) is 3.21. The average molecular weight is 353 g/mol. The van der Waals surface area contributed by atoms with Crippen LogP contribution in [-0.4, -0.2) is 17.6 Å². The Morgan fingerprint density at radius 2 is 2.14 bits per heavy atom. The number of hydrogen-bond donors (Lipinski definition) is 1. The molecule has 1 aromatic carbocycles. The summed E-state index contributed by atoms with van der Waals surface area (Å²) < 4.78 is 19.6. The van der Waals surface area contributed by atoms with Gasteiger partial charge in [0, 0.05) is 10.7 Å². The minimum atomic E-state index is -0.866. The molecule has 1 heterocycles. The Hall–Kier alpha value is -1.95. The van der Waals surface area contributed by atoms with Crippen molar-refractivity contribution in [2.75, 3.05) is 11.9 Å². The topological polar surface area (TPSA) is 51.2 Å². The Bertz CT molecular complexity index is 619. The number of aromatic nitrogens is 1. The van der Waals surface area contributed by atoms with Crippen molar-refractivity contribution < 1.29 is 13.9 Å². The number of ether oxygens (including phenoxy) is 1. The zero-order valence-electron chi connectivity index (χ0n) is 11.3. The maximum absolute atomic E-state index is 13.7. The summed E-state index contributed by atoms with van der Waals surface area (Å²) in [7, 11) is 0. The number of carbonyl (C=O) groups is 1. The first-order valence-corrected chi connectivity index (χ1v) is 7.20. The van der Waals surface area contributed by atoms with E-state index in [1.54, 1.807) is 43.5 Å². The lowest BCUT2D eigenvalue weighted by atomic mass is 10.1. The van der Waals surface area contributed by atoms with E-state index in [0.717, 1.165) is 4.47 Å². The number of rotatable bonds is 5. The van der Waals surface area contributed by atoms with Crippen LogP contribution in [0.1, 0.15) is 18.7 Å². The molecule has 0 amide bonds. The predicted octanol–water partition coefficient (Wildman–Crippen LogP) is 3.70. The number of anilines is 1. The van der Waals surface area contributed by atoms with Crippen LogP contribution in [-0.2, 0) is 9.53 Å². The van der Waals surface area contributed by atoms with Crippen molar-refractivity contribution >= 4 is 27.6 Å². The van der Waals surface area contributed by atoms with Gasteiger partial charge in [-0.25, -0.2) is 9.18 Å². The normalized spacial score (nSPS) is 11.8. The molecule has 1 aromatic heterocycles. The third-order valence-electron chi connectivity index (χ3n) is 2.74. The van der Waals surface area contributed by atoms with Gasteiger partial charge in [-0.05, 0) is 47.1 Å². The first-order chi connectivity index (χ1) is 10.1.